The summed E-state index contributed by atoms with van der Waals surface area (Å²) in [5, 5.41) is 3.27. The molecule has 0 unspecified atom stereocenters. The van der Waals surface area contributed by atoms with Crippen LogP contribution in [0.15, 0.2) is 49.1 Å². The molecule has 0 spiro atoms. The van der Waals surface area contributed by atoms with E-state index in [1.54, 1.807) is 14.0 Å². The molecule has 0 bridgehead atoms. The number of nitrogens with zero attached hydrogens (tertiary/aromatic N) is 7. The van der Waals surface area contributed by atoms with Crippen molar-refractivity contribution in [1.82, 2.24) is 34.8 Å². The van der Waals surface area contributed by atoms with Crippen molar-refractivity contribution in [2.75, 3.05) is 25.5 Å². The normalized spacial score (nSPS) is 15.5. The summed E-state index contributed by atoms with van der Waals surface area (Å²) in [7, 11) is 1.58. The van der Waals surface area contributed by atoms with Crippen LogP contribution in [-0.2, 0) is 11.3 Å². The van der Waals surface area contributed by atoms with Gasteiger partial charge in [0.15, 0.2) is 5.82 Å². The molecular formula is C30H31FN8O2. The summed E-state index contributed by atoms with van der Waals surface area (Å²) in [6.07, 6.45) is 6.79. The Hall–Kier alpha value is -4.54. The number of pyridine rings is 1. The van der Waals surface area contributed by atoms with Crippen molar-refractivity contribution >= 4 is 11.9 Å². The maximum absolute atomic E-state index is 14.2. The maximum Gasteiger partial charge on any atom is 0.227 e. The molecule has 10 nitrogen and oxygen atoms in total. The summed E-state index contributed by atoms with van der Waals surface area (Å²) in [4.78, 5) is 39.9. The number of anilines is 1. The Morgan fingerprint density at radius 3 is 2.41 bits per heavy atom. The Balaban J connectivity index is 1.17. The lowest BCUT2D eigenvalue weighted by Gasteiger charge is -2.32. The summed E-state index contributed by atoms with van der Waals surface area (Å²) < 4.78 is 19.7. The quantitative estimate of drug-likeness (QED) is 0.308. The van der Waals surface area contributed by atoms with E-state index < -0.39 is 5.95 Å². The fourth-order valence-corrected chi connectivity index (χ4v) is 5.39. The molecule has 41 heavy (non-hydrogen) atoms. The van der Waals surface area contributed by atoms with Gasteiger partial charge in [0.25, 0.3) is 0 Å². The van der Waals surface area contributed by atoms with Crippen LogP contribution in [0.2, 0.25) is 0 Å². The molecule has 2 aliphatic rings. The van der Waals surface area contributed by atoms with Crippen LogP contribution in [0.5, 0.6) is 5.88 Å². The summed E-state index contributed by atoms with van der Waals surface area (Å²) in [5.41, 5.74) is 5.13. The van der Waals surface area contributed by atoms with Crippen LogP contribution in [0.1, 0.15) is 61.3 Å². The Morgan fingerprint density at radius 2 is 1.71 bits per heavy atom. The molecule has 0 atom stereocenters. The monoisotopic (exact) mass is 554 g/mol. The van der Waals surface area contributed by atoms with Crippen molar-refractivity contribution in [3.8, 4) is 28.5 Å². The van der Waals surface area contributed by atoms with E-state index in [0.717, 1.165) is 48.1 Å². The number of benzene rings is 1. The number of halogens is 1. The number of carbonyl (C=O) groups is 1. The van der Waals surface area contributed by atoms with Crippen LogP contribution < -0.4 is 10.1 Å². The zero-order valence-electron chi connectivity index (χ0n) is 23.0. The zero-order valence-corrected chi connectivity index (χ0v) is 23.0. The molecule has 1 aromatic carbocycles. The summed E-state index contributed by atoms with van der Waals surface area (Å²) in [5.74, 6) is 1.53. The van der Waals surface area contributed by atoms with Crippen LogP contribution >= 0.6 is 0 Å². The molecule has 6 rings (SSSR count). The third kappa shape index (κ3) is 5.84. The second-order valence-corrected chi connectivity index (χ2v) is 10.5. The molecule has 1 saturated carbocycles. The van der Waals surface area contributed by atoms with E-state index in [0.29, 0.717) is 54.5 Å². The molecule has 4 heterocycles. The van der Waals surface area contributed by atoms with Crippen LogP contribution in [0.3, 0.4) is 0 Å². The van der Waals surface area contributed by atoms with Gasteiger partial charge in [-0.15, -0.1) is 0 Å². The number of likely N-dealkylation sites (tertiary alicyclic amines) is 1. The van der Waals surface area contributed by atoms with Crippen LogP contribution in [0.25, 0.3) is 22.6 Å². The Morgan fingerprint density at radius 1 is 0.951 bits per heavy atom. The van der Waals surface area contributed by atoms with E-state index in [9.17, 15) is 9.18 Å². The standard InChI is InChI=1S/C30H31FN8O2/c1-18(40)39-13-11-20(12-14-39)23-9-10-24(31)37-26(23)21-5-3-19(4-6-21)15-32-30-36-17-34-28(38-30)25-27(22-7-8-22)33-16-35-29(25)41-2/h3-6,9-10,16-17,20,22H,7-8,11-15H2,1-2H3,(H,32,34,36,38). The van der Waals surface area contributed by atoms with Gasteiger partial charge in [0.1, 0.15) is 18.2 Å². The number of hydrogen-bond acceptors (Lipinski definition) is 9. The fraction of sp³-hybridized carbons (Fsp3) is 0.367. The van der Waals surface area contributed by atoms with Gasteiger partial charge in [0, 0.05) is 38.0 Å². The minimum Gasteiger partial charge on any atom is -0.480 e. The van der Waals surface area contributed by atoms with Crippen LogP contribution in [-0.4, -0.2) is 60.9 Å². The van der Waals surface area contributed by atoms with E-state index >= 15 is 0 Å². The average molecular weight is 555 g/mol. The second kappa shape index (κ2) is 11.5. The van der Waals surface area contributed by atoms with Gasteiger partial charge in [-0.3, -0.25) is 4.79 Å². The molecule has 1 aliphatic carbocycles. The third-order valence-corrected chi connectivity index (χ3v) is 7.75. The SMILES string of the molecule is COc1ncnc(C2CC2)c1-c1ncnc(NCc2ccc(-c3nc(F)ccc3C3CCN(C(C)=O)CC3)cc2)n1. The highest BCUT2D eigenvalue weighted by molar-refractivity contribution is 5.73. The number of piperidine rings is 1. The molecule has 11 heteroatoms. The molecule has 4 aromatic rings. The summed E-state index contributed by atoms with van der Waals surface area (Å²) in [6.45, 7) is 3.48. The van der Waals surface area contributed by atoms with E-state index in [2.05, 4.69) is 35.2 Å². The van der Waals surface area contributed by atoms with Gasteiger partial charge in [0.2, 0.25) is 23.7 Å². The number of nitrogens with one attached hydrogen (secondary N) is 1. The first kappa shape index (κ1) is 26.7. The maximum atomic E-state index is 14.2. The van der Waals surface area contributed by atoms with Crippen LogP contribution in [0.4, 0.5) is 10.3 Å². The molecule has 1 aliphatic heterocycles. The highest BCUT2D eigenvalue weighted by Crippen LogP contribution is 2.44. The topological polar surface area (TPSA) is 119 Å². The minimum absolute atomic E-state index is 0.0929. The molecule has 210 valence electrons. The summed E-state index contributed by atoms with van der Waals surface area (Å²) in [6, 6.07) is 11.1. The molecule has 1 N–H and O–H groups in total. The molecule has 2 fully saturated rings. The first-order valence-corrected chi connectivity index (χ1v) is 13.8. The van der Waals surface area contributed by atoms with Crippen molar-refractivity contribution in [2.45, 2.75) is 51.0 Å². The Kier molecular flexibility index (Phi) is 7.49. The van der Waals surface area contributed by atoms with Gasteiger partial charge in [-0.05, 0) is 48.8 Å². The average Bonchev–Trinajstić information content (AvgIpc) is 3.86. The van der Waals surface area contributed by atoms with Crippen molar-refractivity contribution < 1.29 is 13.9 Å². The Bertz CT molecular complexity index is 1550. The number of amides is 1. The third-order valence-electron chi connectivity index (χ3n) is 7.75. The molecule has 1 saturated heterocycles. The number of carbonyl (C=O) groups excluding carboxylic acids is 1. The number of methoxy groups -OCH3 is 1. The van der Waals surface area contributed by atoms with Crippen molar-refractivity contribution in [3.05, 3.63) is 71.8 Å². The lowest BCUT2D eigenvalue weighted by molar-refractivity contribution is -0.129. The number of rotatable bonds is 8. The predicted molar refractivity (Wildman–Crippen MR) is 151 cm³/mol. The van der Waals surface area contributed by atoms with Gasteiger partial charge in [-0.2, -0.15) is 9.37 Å². The molecule has 0 radical (unpaired) electrons. The van der Waals surface area contributed by atoms with E-state index in [4.69, 9.17) is 4.74 Å². The zero-order chi connectivity index (χ0) is 28.3. The minimum atomic E-state index is -0.508. The van der Waals surface area contributed by atoms with Gasteiger partial charge >= 0.3 is 0 Å². The summed E-state index contributed by atoms with van der Waals surface area (Å²) >= 11 is 0. The molecule has 3 aromatic heterocycles. The lowest BCUT2D eigenvalue weighted by Crippen LogP contribution is -2.36. The molecule has 1 amide bonds. The fourth-order valence-electron chi connectivity index (χ4n) is 5.39. The molecular weight excluding hydrogens is 523 g/mol. The van der Waals surface area contributed by atoms with Gasteiger partial charge < -0.3 is 15.0 Å². The number of aromatic nitrogens is 6. The largest absolute Gasteiger partial charge is 0.480 e. The van der Waals surface area contributed by atoms with Gasteiger partial charge in [-0.1, -0.05) is 30.3 Å². The van der Waals surface area contributed by atoms with E-state index in [1.807, 2.05) is 35.2 Å². The van der Waals surface area contributed by atoms with Crippen molar-refractivity contribution in [1.29, 1.82) is 0 Å². The highest BCUT2D eigenvalue weighted by Gasteiger charge is 2.31. The van der Waals surface area contributed by atoms with Gasteiger partial charge in [-0.25, -0.2) is 24.9 Å². The van der Waals surface area contributed by atoms with Crippen molar-refractivity contribution in [2.24, 2.45) is 0 Å². The first-order chi connectivity index (χ1) is 20.0. The first-order valence-electron chi connectivity index (χ1n) is 13.8. The van der Waals surface area contributed by atoms with E-state index in [-0.39, 0.29) is 11.8 Å². The Labute approximate surface area is 237 Å². The number of ether oxygens (including phenoxy) is 1. The van der Waals surface area contributed by atoms with Gasteiger partial charge in [0.05, 0.1) is 18.5 Å². The lowest BCUT2D eigenvalue weighted by atomic mass is 9.86. The van der Waals surface area contributed by atoms with Crippen LogP contribution in [0, 0.1) is 5.95 Å². The smallest absolute Gasteiger partial charge is 0.227 e. The van der Waals surface area contributed by atoms with E-state index in [1.165, 1.54) is 18.7 Å². The van der Waals surface area contributed by atoms with Crippen molar-refractivity contribution in [3.63, 3.8) is 0 Å². The predicted octanol–water partition coefficient (Wildman–Crippen LogP) is 4.75. The highest BCUT2D eigenvalue weighted by atomic mass is 19.1. The second-order valence-electron chi connectivity index (χ2n) is 10.5. The number of hydrogen-bond donors (Lipinski definition) is 1.